The zero-order chi connectivity index (χ0) is 28.8. The number of aromatic amines is 1. The normalized spacial score (nSPS) is 18.4. The summed E-state index contributed by atoms with van der Waals surface area (Å²) in [7, 11) is 0. The first kappa shape index (κ1) is 26.7. The predicted octanol–water partition coefficient (Wildman–Crippen LogP) is 4.27. The van der Waals surface area contributed by atoms with E-state index in [-0.39, 0.29) is 46.4 Å². The van der Waals surface area contributed by atoms with E-state index in [0.717, 1.165) is 0 Å². The maximum Gasteiger partial charge on any atom is 0.303 e. The van der Waals surface area contributed by atoms with Crippen LogP contribution in [0.2, 0.25) is 5.02 Å². The van der Waals surface area contributed by atoms with Gasteiger partial charge in [0, 0.05) is 36.4 Å². The van der Waals surface area contributed by atoms with Gasteiger partial charge in [0.15, 0.2) is 11.6 Å². The van der Waals surface area contributed by atoms with Crippen molar-refractivity contribution in [1.29, 1.82) is 0 Å². The van der Waals surface area contributed by atoms with Gasteiger partial charge < -0.3 is 14.6 Å². The van der Waals surface area contributed by atoms with E-state index in [0.29, 0.717) is 47.7 Å². The van der Waals surface area contributed by atoms with E-state index in [2.05, 4.69) is 30.5 Å². The van der Waals surface area contributed by atoms with Crippen molar-refractivity contribution in [2.75, 3.05) is 0 Å². The number of amides is 1. The van der Waals surface area contributed by atoms with Crippen LogP contribution in [0, 0.1) is 18.6 Å². The van der Waals surface area contributed by atoms with Crippen molar-refractivity contribution in [2.24, 2.45) is 0 Å². The van der Waals surface area contributed by atoms with Crippen LogP contribution < -0.4 is 0 Å². The van der Waals surface area contributed by atoms with Crippen LogP contribution in [0.25, 0.3) is 22.5 Å². The number of carbonyl (C=O) groups is 2. The van der Waals surface area contributed by atoms with Gasteiger partial charge >= 0.3 is 5.97 Å². The first-order valence-corrected chi connectivity index (χ1v) is 13.2. The van der Waals surface area contributed by atoms with E-state index in [1.54, 1.807) is 17.9 Å². The van der Waals surface area contributed by atoms with Gasteiger partial charge in [0.25, 0.3) is 0 Å². The first-order valence-electron chi connectivity index (χ1n) is 12.8. The number of H-pyrrole nitrogens is 1. The molecule has 2 aliphatic rings. The van der Waals surface area contributed by atoms with Gasteiger partial charge in [-0.25, -0.2) is 13.8 Å². The Balaban J connectivity index is 1.31. The third-order valence-electron chi connectivity index (χ3n) is 7.36. The van der Waals surface area contributed by atoms with E-state index < -0.39 is 17.6 Å². The lowest BCUT2D eigenvalue weighted by Gasteiger charge is -2.33. The minimum Gasteiger partial charge on any atom is -0.459 e. The van der Waals surface area contributed by atoms with Gasteiger partial charge in [-0.05, 0) is 60.4 Å². The number of carbonyl (C=O) groups excluding carboxylic acids is 2. The Morgan fingerprint density at radius 2 is 2.05 bits per heavy atom. The molecule has 11 nitrogen and oxygen atoms in total. The standard InChI is InChI=1S/C27H23ClF2N8O3/c1-13-26(17-7-8-31-19(24(17)29)11-41-14(2)39)34-27(33-13)21-5-3-16-9-15(10-22(40)38(16)21)23-20(37-12-32-35-36-37)6-4-18(28)25(23)30/h4,6-8,10,12,16,21H,3,5,9,11H2,1-2H3,(H,33,34)/t16-,21?/m1/s1. The highest BCUT2D eigenvalue weighted by atomic mass is 35.5. The number of imidazole rings is 1. The van der Waals surface area contributed by atoms with E-state index in [1.165, 1.54) is 42.3 Å². The summed E-state index contributed by atoms with van der Waals surface area (Å²) in [6.45, 7) is 2.69. The number of esters is 1. The number of nitrogens with zero attached hydrogens (tertiary/aromatic N) is 7. The predicted molar refractivity (Wildman–Crippen MR) is 141 cm³/mol. The Kier molecular flexibility index (Phi) is 6.81. The number of hydrogen-bond acceptors (Lipinski definition) is 8. The fourth-order valence-corrected chi connectivity index (χ4v) is 5.72. The summed E-state index contributed by atoms with van der Waals surface area (Å²) in [6, 6.07) is 3.94. The number of hydrogen-bond donors (Lipinski definition) is 1. The lowest BCUT2D eigenvalue weighted by molar-refractivity contribution is -0.142. The number of halogens is 3. The van der Waals surface area contributed by atoms with Crippen LogP contribution in [0.4, 0.5) is 8.78 Å². The lowest BCUT2D eigenvalue weighted by atomic mass is 9.92. The molecule has 3 aromatic heterocycles. The van der Waals surface area contributed by atoms with Crippen molar-refractivity contribution >= 4 is 29.1 Å². The highest BCUT2D eigenvalue weighted by Gasteiger charge is 2.42. The monoisotopic (exact) mass is 580 g/mol. The van der Waals surface area contributed by atoms with E-state index in [9.17, 15) is 9.59 Å². The molecule has 5 heterocycles. The lowest BCUT2D eigenvalue weighted by Crippen LogP contribution is -2.39. The van der Waals surface area contributed by atoms with Gasteiger partial charge in [-0.1, -0.05) is 11.6 Å². The van der Waals surface area contributed by atoms with Crippen LogP contribution in [-0.2, 0) is 20.9 Å². The number of ether oxygens (including phenoxy) is 1. The summed E-state index contributed by atoms with van der Waals surface area (Å²) in [5.74, 6) is -1.60. The molecule has 0 spiro atoms. The van der Waals surface area contributed by atoms with Crippen molar-refractivity contribution < 1.29 is 23.1 Å². The summed E-state index contributed by atoms with van der Waals surface area (Å²) in [5, 5.41) is 11.1. The molecule has 1 saturated heterocycles. The Labute approximate surface area is 237 Å². The smallest absolute Gasteiger partial charge is 0.303 e. The fraction of sp³-hybridized carbons (Fsp3) is 0.296. The zero-order valence-corrected chi connectivity index (χ0v) is 22.7. The second-order valence-electron chi connectivity index (χ2n) is 9.86. The number of nitrogens with one attached hydrogen (secondary N) is 1. The number of fused-ring (bicyclic) bond motifs is 1. The molecular formula is C27H23ClF2N8O3. The van der Waals surface area contributed by atoms with Gasteiger partial charge in [-0.3, -0.25) is 14.6 Å². The highest BCUT2D eigenvalue weighted by Crippen LogP contribution is 2.44. The highest BCUT2D eigenvalue weighted by molar-refractivity contribution is 6.31. The zero-order valence-electron chi connectivity index (χ0n) is 21.9. The molecule has 4 aromatic rings. The number of rotatable bonds is 6. The van der Waals surface area contributed by atoms with Crippen LogP contribution in [0.3, 0.4) is 0 Å². The second-order valence-corrected chi connectivity index (χ2v) is 10.3. The van der Waals surface area contributed by atoms with Crippen molar-refractivity contribution in [3.63, 3.8) is 0 Å². The van der Waals surface area contributed by atoms with Crippen molar-refractivity contribution in [1.82, 2.24) is 40.1 Å². The Hall–Kier alpha value is -4.52. The minimum atomic E-state index is -0.652. The molecule has 14 heteroatoms. The number of tetrazole rings is 1. The number of aryl methyl sites for hydroxylation is 1. The summed E-state index contributed by atoms with van der Waals surface area (Å²) < 4.78 is 36.9. The van der Waals surface area contributed by atoms with Gasteiger partial charge in [-0.15, -0.1) is 5.10 Å². The molecule has 210 valence electrons. The van der Waals surface area contributed by atoms with Crippen LogP contribution in [0.5, 0.6) is 0 Å². The number of pyridine rings is 1. The molecule has 2 atom stereocenters. The maximum atomic E-state index is 15.4. The van der Waals surface area contributed by atoms with Crippen LogP contribution in [-0.4, -0.2) is 58.0 Å². The molecule has 1 fully saturated rings. The summed E-state index contributed by atoms with van der Waals surface area (Å²) in [4.78, 5) is 38.3. The third kappa shape index (κ3) is 4.75. The van der Waals surface area contributed by atoms with Crippen LogP contribution in [0.15, 0.2) is 36.8 Å². The molecular weight excluding hydrogens is 558 g/mol. The summed E-state index contributed by atoms with van der Waals surface area (Å²) in [5.41, 5.74) is 2.25. The number of benzene rings is 1. The molecule has 1 unspecified atom stereocenters. The number of aromatic nitrogens is 7. The molecule has 1 amide bonds. The van der Waals surface area contributed by atoms with Crippen molar-refractivity contribution in [3.05, 3.63) is 76.2 Å². The quantitative estimate of drug-likeness (QED) is 0.334. The summed E-state index contributed by atoms with van der Waals surface area (Å²) in [6.07, 6.45) is 5.84. The maximum absolute atomic E-state index is 15.4. The van der Waals surface area contributed by atoms with Gasteiger partial charge in [0.05, 0.1) is 28.1 Å². The molecule has 0 radical (unpaired) electrons. The topological polar surface area (TPSA) is 132 Å². The molecule has 2 aliphatic heterocycles. The minimum absolute atomic E-state index is 0.00709. The van der Waals surface area contributed by atoms with Gasteiger partial charge in [-0.2, -0.15) is 4.68 Å². The van der Waals surface area contributed by atoms with Crippen molar-refractivity contribution in [2.45, 2.75) is 51.8 Å². The second kappa shape index (κ2) is 10.5. The first-order chi connectivity index (χ1) is 19.7. The fourth-order valence-electron chi connectivity index (χ4n) is 5.56. The van der Waals surface area contributed by atoms with Gasteiger partial charge in [0.1, 0.15) is 24.5 Å². The van der Waals surface area contributed by atoms with E-state index >= 15 is 8.78 Å². The van der Waals surface area contributed by atoms with E-state index in [1.807, 2.05) is 0 Å². The molecule has 1 N–H and O–H groups in total. The van der Waals surface area contributed by atoms with Crippen LogP contribution >= 0.6 is 11.6 Å². The molecule has 6 rings (SSSR count). The SMILES string of the molecule is CC(=O)OCc1nccc(-c2[nH]c(C3CC[C@@H]4CC(c5c(-n6cnnn6)ccc(Cl)c5F)=CC(=O)N34)nc2C)c1F. The van der Waals surface area contributed by atoms with Crippen molar-refractivity contribution in [3.8, 4) is 16.9 Å². The molecule has 1 aromatic carbocycles. The largest absolute Gasteiger partial charge is 0.459 e. The molecule has 0 bridgehead atoms. The van der Waals surface area contributed by atoms with Gasteiger partial charge in [0.2, 0.25) is 5.91 Å². The molecule has 0 aliphatic carbocycles. The van der Waals surface area contributed by atoms with Crippen LogP contribution in [0.1, 0.15) is 55.0 Å². The molecule has 0 saturated carbocycles. The average molecular weight is 581 g/mol. The Morgan fingerprint density at radius 1 is 1.22 bits per heavy atom. The summed E-state index contributed by atoms with van der Waals surface area (Å²) >= 11 is 6.11. The van der Waals surface area contributed by atoms with E-state index in [4.69, 9.17) is 16.3 Å². The Morgan fingerprint density at radius 3 is 2.80 bits per heavy atom. The Bertz CT molecular complexity index is 1700. The average Bonchev–Trinajstić information content (AvgIpc) is 3.70. The third-order valence-corrected chi connectivity index (χ3v) is 7.65. The molecule has 41 heavy (non-hydrogen) atoms.